The third-order valence-electron chi connectivity index (χ3n) is 3.57. The summed E-state index contributed by atoms with van der Waals surface area (Å²) < 4.78 is 12.3. The first-order valence-corrected chi connectivity index (χ1v) is 9.69. The molecule has 0 atom stereocenters. The van der Waals surface area contributed by atoms with E-state index in [9.17, 15) is 0 Å². The molecule has 3 aromatic rings. The number of rotatable bonds is 7. The van der Waals surface area contributed by atoms with Gasteiger partial charge in [-0.15, -0.1) is 5.73 Å². The standard InChI is InChI=1S/C22H18ClO2P/c1-2-22(17-18-13-15-19(23)16-14-18)26(24-20-9-5-3-6-10-20)25-21-11-7-4-8-12-21/h3-16H,1,17H2. The second kappa shape index (κ2) is 9.27. The van der Waals surface area contributed by atoms with Gasteiger partial charge in [0.2, 0.25) is 0 Å². The van der Waals surface area contributed by atoms with Crippen LogP contribution in [-0.2, 0) is 6.42 Å². The highest BCUT2D eigenvalue weighted by atomic mass is 35.5. The van der Waals surface area contributed by atoms with Crippen molar-refractivity contribution in [1.29, 1.82) is 0 Å². The fourth-order valence-corrected chi connectivity index (χ4v) is 3.72. The van der Waals surface area contributed by atoms with Crippen molar-refractivity contribution in [3.05, 3.63) is 113 Å². The maximum Gasteiger partial charge on any atom is 0.330 e. The van der Waals surface area contributed by atoms with E-state index in [2.05, 4.69) is 12.3 Å². The van der Waals surface area contributed by atoms with E-state index in [0.29, 0.717) is 11.4 Å². The zero-order chi connectivity index (χ0) is 18.2. The first-order chi connectivity index (χ1) is 12.7. The number of halogens is 1. The lowest BCUT2D eigenvalue weighted by molar-refractivity contribution is 0.496. The molecule has 0 unspecified atom stereocenters. The summed E-state index contributed by atoms with van der Waals surface area (Å²) in [5.41, 5.74) is 4.12. The highest BCUT2D eigenvalue weighted by molar-refractivity contribution is 7.52. The fourth-order valence-electron chi connectivity index (χ4n) is 2.27. The molecule has 2 nitrogen and oxygen atoms in total. The van der Waals surface area contributed by atoms with Crippen LogP contribution < -0.4 is 9.05 Å². The highest BCUT2D eigenvalue weighted by Gasteiger charge is 2.21. The molecule has 130 valence electrons. The van der Waals surface area contributed by atoms with Gasteiger partial charge in [-0.2, -0.15) is 0 Å². The van der Waals surface area contributed by atoms with Crippen LogP contribution in [0, 0.1) is 0 Å². The van der Waals surface area contributed by atoms with Crippen LogP contribution in [0.5, 0.6) is 11.5 Å². The Kier molecular flexibility index (Phi) is 6.52. The van der Waals surface area contributed by atoms with Gasteiger partial charge in [-0.25, -0.2) is 0 Å². The zero-order valence-electron chi connectivity index (χ0n) is 14.1. The van der Waals surface area contributed by atoms with E-state index in [1.54, 1.807) is 0 Å². The molecule has 0 saturated carbocycles. The van der Waals surface area contributed by atoms with Gasteiger partial charge in [0.05, 0.1) is 5.31 Å². The topological polar surface area (TPSA) is 18.5 Å². The molecule has 0 bridgehead atoms. The van der Waals surface area contributed by atoms with Crippen molar-refractivity contribution in [2.24, 2.45) is 0 Å². The summed E-state index contributed by atoms with van der Waals surface area (Å²) in [6.45, 7) is 3.85. The third-order valence-corrected chi connectivity index (χ3v) is 5.33. The predicted molar refractivity (Wildman–Crippen MR) is 109 cm³/mol. The molecule has 0 saturated heterocycles. The molecule has 3 rings (SSSR count). The lowest BCUT2D eigenvalue weighted by atomic mass is 10.1. The van der Waals surface area contributed by atoms with Crippen molar-refractivity contribution in [3.63, 3.8) is 0 Å². The van der Waals surface area contributed by atoms with Gasteiger partial charge in [-0.05, 0) is 42.0 Å². The van der Waals surface area contributed by atoms with Crippen LogP contribution in [0.4, 0.5) is 0 Å². The number of para-hydroxylation sites is 2. The molecular formula is C22H18ClO2P. The van der Waals surface area contributed by atoms with Gasteiger partial charge in [-0.3, -0.25) is 0 Å². The van der Waals surface area contributed by atoms with Crippen LogP contribution in [0.2, 0.25) is 5.02 Å². The molecule has 3 aromatic carbocycles. The van der Waals surface area contributed by atoms with E-state index >= 15 is 0 Å². The number of hydrogen-bond donors (Lipinski definition) is 0. The smallest absolute Gasteiger partial charge is 0.330 e. The summed E-state index contributed by atoms with van der Waals surface area (Å²) in [6.07, 6.45) is 0.631. The van der Waals surface area contributed by atoms with Gasteiger partial charge in [0.1, 0.15) is 11.5 Å². The molecule has 0 N–H and O–H groups in total. The predicted octanol–water partition coefficient (Wildman–Crippen LogP) is 7.02. The van der Waals surface area contributed by atoms with E-state index in [1.165, 1.54) is 0 Å². The summed E-state index contributed by atoms with van der Waals surface area (Å²) >= 11 is 5.98. The molecule has 0 spiro atoms. The largest absolute Gasteiger partial charge is 0.435 e. The monoisotopic (exact) mass is 380 g/mol. The van der Waals surface area contributed by atoms with Gasteiger partial charge >= 0.3 is 8.38 Å². The van der Waals surface area contributed by atoms with Gasteiger partial charge < -0.3 is 9.05 Å². The molecule has 0 aliphatic carbocycles. The maximum atomic E-state index is 6.14. The molecule has 4 heteroatoms. The first kappa shape index (κ1) is 18.3. The molecule has 0 aromatic heterocycles. The van der Waals surface area contributed by atoms with Crippen molar-refractivity contribution in [3.8, 4) is 11.5 Å². The van der Waals surface area contributed by atoms with Crippen molar-refractivity contribution < 1.29 is 9.05 Å². The van der Waals surface area contributed by atoms with Crippen LogP contribution in [0.3, 0.4) is 0 Å². The van der Waals surface area contributed by atoms with Gasteiger partial charge in [0.15, 0.2) is 0 Å². The van der Waals surface area contributed by atoms with Crippen LogP contribution in [-0.4, -0.2) is 0 Å². The maximum absolute atomic E-state index is 6.14. The van der Waals surface area contributed by atoms with Crippen molar-refractivity contribution in [2.45, 2.75) is 6.42 Å². The fraction of sp³-hybridized carbons (Fsp3) is 0.0455. The molecular weight excluding hydrogens is 363 g/mol. The van der Waals surface area contributed by atoms with E-state index in [0.717, 1.165) is 22.4 Å². The Balaban J connectivity index is 1.84. The minimum Gasteiger partial charge on any atom is -0.435 e. The Morgan fingerprint density at radius 2 is 1.31 bits per heavy atom. The van der Waals surface area contributed by atoms with Crippen LogP contribution in [0.1, 0.15) is 5.56 Å². The van der Waals surface area contributed by atoms with Crippen LogP contribution in [0.15, 0.2) is 103 Å². The Morgan fingerprint density at radius 1 is 0.808 bits per heavy atom. The summed E-state index contributed by atoms with van der Waals surface area (Å²) in [5.74, 6) is 1.50. The quantitative estimate of drug-likeness (QED) is 0.324. The van der Waals surface area contributed by atoms with E-state index < -0.39 is 8.38 Å². The van der Waals surface area contributed by atoms with E-state index in [4.69, 9.17) is 20.6 Å². The van der Waals surface area contributed by atoms with Crippen molar-refractivity contribution in [2.75, 3.05) is 0 Å². The number of hydrogen-bond acceptors (Lipinski definition) is 2. The Bertz CT molecular complexity index is 832. The molecule has 0 fully saturated rings. The molecule has 0 heterocycles. The molecule has 0 aliphatic rings. The van der Waals surface area contributed by atoms with Crippen molar-refractivity contribution in [1.82, 2.24) is 0 Å². The van der Waals surface area contributed by atoms with E-state index in [-0.39, 0.29) is 0 Å². The summed E-state index contributed by atoms with van der Waals surface area (Å²) in [7, 11) is -1.40. The Hall–Kier alpha value is -2.50. The van der Waals surface area contributed by atoms with Gasteiger partial charge in [0.25, 0.3) is 0 Å². The van der Waals surface area contributed by atoms with Crippen molar-refractivity contribution >= 4 is 20.0 Å². The minimum absolute atomic E-state index is 0.631. The molecule has 0 aliphatic heterocycles. The van der Waals surface area contributed by atoms with Gasteiger partial charge in [-0.1, -0.05) is 66.7 Å². The summed E-state index contributed by atoms with van der Waals surface area (Å²) in [5, 5.41) is 1.58. The van der Waals surface area contributed by atoms with Crippen LogP contribution in [0.25, 0.3) is 0 Å². The summed E-state index contributed by atoms with van der Waals surface area (Å²) in [6, 6.07) is 27.0. The average molecular weight is 381 g/mol. The zero-order valence-corrected chi connectivity index (χ0v) is 15.8. The van der Waals surface area contributed by atoms with E-state index in [1.807, 2.05) is 84.9 Å². The average Bonchev–Trinajstić information content (AvgIpc) is 2.69. The first-order valence-electron chi connectivity index (χ1n) is 8.14. The second-order valence-corrected chi connectivity index (χ2v) is 7.35. The number of benzene rings is 3. The number of allylic oxidation sites excluding steroid dienone is 1. The highest BCUT2D eigenvalue weighted by Crippen LogP contribution is 2.48. The SMILES string of the molecule is C=C=C(Cc1ccc(Cl)cc1)P(Oc1ccccc1)Oc1ccccc1. The van der Waals surface area contributed by atoms with Gasteiger partial charge in [0, 0.05) is 11.4 Å². The molecule has 0 radical (unpaired) electrons. The lowest BCUT2D eigenvalue weighted by Gasteiger charge is -2.20. The minimum atomic E-state index is -1.40. The summed E-state index contributed by atoms with van der Waals surface area (Å²) in [4.78, 5) is 0. The Morgan fingerprint density at radius 3 is 1.77 bits per heavy atom. The Labute approximate surface area is 160 Å². The second-order valence-electron chi connectivity index (χ2n) is 5.49. The third kappa shape index (κ3) is 5.25. The molecule has 26 heavy (non-hydrogen) atoms. The lowest BCUT2D eigenvalue weighted by Crippen LogP contribution is -2.01. The van der Waals surface area contributed by atoms with Crippen LogP contribution >= 0.6 is 20.0 Å². The molecule has 0 amide bonds. The normalized spacial score (nSPS) is 10.2.